The van der Waals surface area contributed by atoms with Gasteiger partial charge in [-0.15, -0.1) is 24.0 Å². The monoisotopic (exact) mass is 520 g/mol. The van der Waals surface area contributed by atoms with Crippen LogP contribution in [0.2, 0.25) is 0 Å². The SMILES string of the molecule is CCNC(=NCc1cccc(Cn2cncn2)c1)NCc1ccccc1OCC.I. The van der Waals surface area contributed by atoms with Gasteiger partial charge in [0, 0.05) is 18.7 Å². The van der Waals surface area contributed by atoms with E-state index in [1.54, 1.807) is 12.7 Å². The second kappa shape index (κ2) is 12.8. The van der Waals surface area contributed by atoms with Crippen molar-refractivity contribution < 1.29 is 4.74 Å². The van der Waals surface area contributed by atoms with E-state index in [0.29, 0.717) is 26.2 Å². The van der Waals surface area contributed by atoms with Crippen LogP contribution >= 0.6 is 24.0 Å². The number of nitrogens with one attached hydrogen (secondary N) is 2. The molecule has 1 heterocycles. The molecule has 2 N–H and O–H groups in total. The summed E-state index contributed by atoms with van der Waals surface area (Å²) < 4.78 is 7.51. The second-order valence-corrected chi connectivity index (χ2v) is 6.50. The third-order valence-corrected chi connectivity index (χ3v) is 4.29. The molecule has 0 amide bonds. The van der Waals surface area contributed by atoms with E-state index >= 15 is 0 Å². The van der Waals surface area contributed by atoms with Crippen LogP contribution in [-0.2, 0) is 19.6 Å². The Bertz CT molecular complexity index is 914. The average molecular weight is 520 g/mol. The van der Waals surface area contributed by atoms with E-state index in [1.807, 2.05) is 29.8 Å². The normalized spacial score (nSPS) is 10.9. The molecule has 0 aliphatic carbocycles. The Kier molecular flexibility index (Phi) is 10.1. The zero-order chi connectivity index (χ0) is 20.3. The lowest BCUT2D eigenvalue weighted by Crippen LogP contribution is -2.36. The first-order valence-corrected chi connectivity index (χ1v) is 9.91. The molecular weight excluding hydrogens is 491 g/mol. The van der Waals surface area contributed by atoms with Crippen molar-refractivity contribution in [1.82, 2.24) is 25.4 Å². The molecule has 7 nitrogen and oxygen atoms in total. The predicted octanol–water partition coefficient (Wildman–Crippen LogP) is 3.60. The number of nitrogens with zero attached hydrogens (tertiary/aromatic N) is 4. The Morgan fingerprint density at radius 2 is 1.90 bits per heavy atom. The fourth-order valence-corrected chi connectivity index (χ4v) is 2.97. The Hall–Kier alpha value is -2.62. The highest BCUT2D eigenvalue weighted by atomic mass is 127. The highest BCUT2D eigenvalue weighted by molar-refractivity contribution is 14.0. The average Bonchev–Trinajstić information content (AvgIpc) is 3.24. The lowest BCUT2D eigenvalue weighted by atomic mass is 10.1. The van der Waals surface area contributed by atoms with Crippen LogP contribution in [-0.4, -0.2) is 33.9 Å². The van der Waals surface area contributed by atoms with Gasteiger partial charge in [-0.25, -0.2) is 14.7 Å². The van der Waals surface area contributed by atoms with E-state index < -0.39 is 0 Å². The fourth-order valence-electron chi connectivity index (χ4n) is 2.97. The number of hydrogen-bond donors (Lipinski definition) is 2. The molecule has 30 heavy (non-hydrogen) atoms. The number of rotatable bonds is 9. The molecule has 0 unspecified atom stereocenters. The van der Waals surface area contributed by atoms with E-state index in [2.05, 4.69) is 58.0 Å². The predicted molar refractivity (Wildman–Crippen MR) is 130 cm³/mol. The van der Waals surface area contributed by atoms with Crippen molar-refractivity contribution in [3.8, 4) is 5.75 Å². The molecule has 3 aromatic rings. The van der Waals surface area contributed by atoms with Gasteiger partial charge in [-0.05, 0) is 31.0 Å². The first-order valence-electron chi connectivity index (χ1n) is 9.91. The van der Waals surface area contributed by atoms with Gasteiger partial charge in [0.15, 0.2) is 5.96 Å². The molecular formula is C22H29IN6O. The topological polar surface area (TPSA) is 76.4 Å². The van der Waals surface area contributed by atoms with Crippen molar-refractivity contribution in [2.24, 2.45) is 4.99 Å². The molecule has 2 aromatic carbocycles. The van der Waals surface area contributed by atoms with Crippen LogP contribution in [0.5, 0.6) is 5.75 Å². The lowest BCUT2D eigenvalue weighted by Gasteiger charge is -2.14. The van der Waals surface area contributed by atoms with E-state index in [0.717, 1.165) is 29.4 Å². The summed E-state index contributed by atoms with van der Waals surface area (Å²) in [6, 6.07) is 16.4. The van der Waals surface area contributed by atoms with Crippen molar-refractivity contribution in [3.63, 3.8) is 0 Å². The zero-order valence-corrected chi connectivity index (χ0v) is 19.7. The van der Waals surface area contributed by atoms with Crippen molar-refractivity contribution >= 4 is 29.9 Å². The van der Waals surface area contributed by atoms with Gasteiger partial charge < -0.3 is 15.4 Å². The maximum atomic E-state index is 5.70. The van der Waals surface area contributed by atoms with Crippen LogP contribution in [0, 0.1) is 0 Å². The Labute approximate surface area is 195 Å². The molecule has 0 aliphatic rings. The highest BCUT2D eigenvalue weighted by Gasteiger charge is 2.04. The summed E-state index contributed by atoms with van der Waals surface area (Å²) in [7, 11) is 0. The number of halogens is 1. The summed E-state index contributed by atoms with van der Waals surface area (Å²) in [6.45, 7) is 7.43. The van der Waals surface area contributed by atoms with Gasteiger partial charge in [-0.1, -0.05) is 42.5 Å². The van der Waals surface area contributed by atoms with Gasteiger partial charge >= 0.3 is 0 Å². The Balaban J connectivity index is 0.00000320. The van der Waals surface area contributed by atoms with Crippen molar-refractivity contribution in [2.75, 3.05) is 13.2 Å². The van der Waals surface area contributed by atoms with E-state index in [9.17, 15) is 0 Å². The molecule has 8 heteroatoms. The summed E-state index contributed by atoms with van der Waals surface area (Å²) in [5, 5.41) is 10.9. The van der Waals surface area contributed by atoms with Crippen LogP contribution in [0.25, 0.3) is 0 Å². The van der Waals surface area contributed by atoms with Gasteiger partial charge in [0.2, 0.25) is 0 Å². The minimum absolute atomic E-state index is 0. The molecule has 3 rings (SSSR count). The van der Waals surface area contributed by atoms with Crippen LogP contribution < -0.4 is 15.4 Å². The minimum Gasteiger partial charge on any atom is -0.494 e. The van der Waals surface area contributed by atoms with E-state index in [4.69, 9.17) is 9.73 Å². The van der Waals surface area contributed by atoms with Crippen LogP contribution in [0.3, 0.4) is 0 Å². The Morgan fingerprint density at radius 1 is 1.07 bits per heavy atom. The highest BCUT2D eigenvalue weighted by Crippen LogP contribution is 2.17. The summed E-state index contributed by atoms with van der Waals surface area (Å²) in [4.78, 5) is 8.72. The molecule has 0 saturated carbocycles. The van der Waals surface area contributed by atoms with Gasteiger partial charge in [0.05, 0.1) is 19.7 Å². The zero-order valence-electron chi connectivity index (χ0n) is 17.4. The van der Waals surface area contributed by atoms with Crippen LogP contribution in [0.15, 0.2) is 66.2 Å². The molecule has 160 valence electrons. The van der Waals surface area contributed by atoms with Gasteiger partial charge in [-0.2, -0.15) is 5.10 Å². The first kappa shape index (κ1) is 23.7. The third-order valence-electron chi connectivity index (χ3n) is 4.29. The Morgan fingerprint density at radius 3 is 2.67 bits per heavy atom. The second-order valence-electron chi connectivity index (χ2n) is 6.50. The summed E-state index contributed by atoms with van der Waals surface area (Å²) >= 11 is 0. The van der Waals surface area contributed by atoms with Gasteiger partial charge in [0.1, 0.15) is 18.4 Å². The number of guanidine groups is 1. The van der Waals surface area contributed by atoms with Crippen molar-refractivity contribution in [3.05, 3.63) is 77.9 Å². The van der Waals surface area contributed by atoms with Gasteiger partial charge in [-0.3, -0.25) is 0 Å². The number of benzene rings is 2. The van der Waals surface area contributed by atoms with Crippen LogP contribution in [0.4, 0.5) is 0 Å². The number of hydrogen-bond acceptors (Lipinski definition) is 4. The standard InChI is InChI=1S/C22H28N6O.HI/c1-3-24-22(26-14-20-10-5-6-11-21(20)29-4-2)25-13-18-8-7-9-19(12-18)15-28-17-23-16-27-28;/h5-12,16-17H,3-4,13-15H2,1-2H3,(H2,24,25,26);1H. The fraction of sp³-hybridized carbons (Fsp3) is 0.318. The lowest BCUT2D eigenvalue weighted by molar-refractivity contribution is 0.336. The molecule has 0 radical (unpaired) electrons. The summed E-state index contributed by atoms with van der Waals surface area (Å²) in [6.07, 6.45) is 3.27. The molecule has 0 bridgehead atoms. The van der Waals surface area contributed by atoms with Crippen LogP contribution in [0.1, 0.15) is 30.5 Å². The molecule has 0 fully saturated rings. The maximum Gasteiger partial charge on any atom is 0.191 e. The summed E-state index contributed by atoms with van der Waals surface area (Å²) in [5.74, 6) is 1.68. The van der Waals surface area contributed by atoms with E-state index in [-0.39, 0.29) is 24.0 Å². The number of aromatic nitrogens is 3. The van der Waals surface area contributed by atoms with Crippen molar-refractivity contribution in [2.45, 2.75) is 33.5 Å². The summed E-state index contributed by atoms with van der Waals surface area (Å²) in [5.41, 5.74) is 3.43. The van der Waals surface area contributed by atoms with Gasteiger partial charge in [0.25, 0.3) is 0 Å². The van der Waals surface area contributed by atoms with E-state index in [1.165, 1.54) is 5.56 Å². The molecule has 0 atom stereocenters. The van der Waals surface area contributed by atoms with Crippen molar-refractivity contribution in [1.29, 1.82) is 0 Å². The quantitative estimate of drug-likeness (QED) is 0.256. The molecule has 0 saturated heterocycles. The molecule has 0 aliphatic heterocycles. The smallest absolute Gasteiger partial charge is 0.191 e. The number of para-hydroxylation sites is 1. The maximum absolute atomic E-state index is 5.70. The molecule has 0 spiro atoms. The third kappa shape index (κ3) is 7.33. The number of aliphatic imine (C=N–C) groups is 1. The number of ether oxygens (including phenoxy) is 1. The minimum atomic E-state index is 0. The first-order chi connectivity index (χ1) is 14.3. The largest absolute Gasteiger partial charge is 0.494 e. The molecule has 1 aromatic heterocycles.